The SMILES string of the molecule is Cc1c(COc2cc(OCc3cccc(C#N)c3)c(CN3CCC(O)C3)cc2Cl)cccc1-c1ccc2c(c1)OCCO2. The molecule has 0 amide bonds. The Balaban J connectivity index is 1.23. The summed E-state index contributed by atoms with van der Waals surface area (Å²) in [4.78, 5) is 2.19. The van der Waals surface area contributed by atoms with Crippen molar-refractivity contribution >= 4 is 11.6 Å². The van der Waals surface area contributed by atoms with Gasteiger partial charge in [-0.15, -0.1) is 0 Å². The van der Waals surface area contributed by atoms with Crippen LogP contribution in [0.2, 0.25) is 5.02 Å². The van der Waals surface area contributed by atoms with Crippen molar-refractivity contribution in [2.45, 2.75) is 39.2 Å². The number of hydrogen-bond acceptors (Lipinski definition) is 7. The summed E-state index contributed by atoms with van der Waals surface area (Å²) in [6, 6.07) is 25.5. The number of ether oxygens (including phenoxy) is 4. The molecule has 1 saturated heterocycles. The Hall–Kier alpha value is -4.22. The van der Waals surface area contributed by atoms with Crippen molar-refractivity contribution in [1.82, 2.24) is 4.90 Å². The van der Waals surface area contributed by atoms with Crippen LogP contribution in [-0.2, 0) is 19.8 Å². The van der Waals surface area contributed by atoms with E-state index in [2.05, 4.69) is 30.0 Å². The van der Waals surface area contributed by atoms with Gasteiger partial charge in [0, 0.05) is 31.3 Å². The van der Waals surface area contributed by atoms with Crippen LogP contribution < -0.4 is 18.9 Å². The highest BCUT2D eigenvalue weighted by molar-refractivity contribution is 6.32. The molecule has 6 rings (SSSR count). The van der Waals surface area contributed by atoms with Crippen LogP contribution in [0.5, 0.6) is 23.0 Å². The molecule has 1 fully saturated rings. The molecule has 2 heterocycles. The first-order valence-corrected chi connectivity index (χ1v) is 14.8. The minimum atomic E-state index is -0.322. The topological polar surface area (TPSA) is 84.2 Å². The average molecular weight is 597 g/mol. The van der Waals surface area contributed by atoms with Crippen molar-refractivity contribution in [1.29, 1.82) is 5.26 Å². The van der Waals surface area contributed by atoms with Gasteiger partial charge in [0.25, 0.3) is 0 Å². The molecule has 0 aliphatic carbocycles. The minimum Gasteiger partial charge on any atom is -0.488 e. The summed E-state index contributed by atoms with van der Waals surface area (Å²) in [5, 5.41) is 19.8. The van der Waals surface area contributed by atoms with E-state index in [-0.39, 0.29) is 6.10 Å². The van der Waals surface area contributed by atoms with Crippen LogP contribution in [-0.4, -0.2) is 42.4 Å². The first-order valence-electron chi connectivity index (χ1n) is 14.4. The molecule has 0 spiro atoms. The number of nitrogens with zero attached hydrogens (tertiary/aromatic N) is 2. The third kappa shape index (κ3) is 6.73. The van der Waals surface area contributed by atoms with E-state index in [4.69, 9.17) is 30.5 Å². The van der Waals surface area contributed by atoms with E-state index in [0.29, 0.717) is 61.6 Å². The number of rotatable bonds is 9. The molecule has 220 valence electrons. The highest BCUT2D eigenvalue weighted by Crippen LogP contribution is 2.38. The highest BCUT2D eigenvalue weighted by atomic mass is 35.5. The predicted molar refractivity (Wildman–Crippen MR) is 165 cm³/mol. The van der Waals surface area contributed by atoms with Crippen LogP contribution in [0.25, 0.3) is 11.1 Å². The third-order valence-corrected chi connectivity index (χ3v) is 8.18. The van der Waals surface area contributed by atoms with E-state index in [1.54, 1.807) is 6.07 Å². The van der Waals surface area contributed by atoms with Gasteiger partial charge in [-0.2, -0.15) is 5.26 Å². The molecule has 0 saturated carbocycles. The van der Waals surface area contributed by atoms with Gasteiger partial charge >= 0.3 is 0 Å². The van der Waals surface area contributed by atoms with Gasteiger partial charge < -0.3 is 24.1 Å². The van der Waals surface area contributed by atoms with Crippen LogP contribution in [0.4, 0.5) is 0 Å². The molecule has 1 unspecified atom stereocenters. The molecule has 2 aliphatic rings. The maximum absolute atomic E-state index is 10.0. The smallest absolute Gasteiger partial charge is 0.161 e. The first kappa shape index (κ1) is 28.9. The van der Waals surface area contributed by atoms with Crippen molar-refractivity contribution in [3.05, 3.63) is 106 Å². The number of aliphatic hydroxyl groups is 1. The Morgan fingerprint density at radius 3 is 2.56 bits per heavy atom. The summed E-state index contributed by atoms with van der Waals surface area (Å²) >= 11 is 6.76. The van der Waals surface area contributed by atoms with E-state index in [0.717, 1.165) is 57.8 Å². The van der Waals surface area contributed by atoms with E-state index in [9.17, 15) is 10.4 Å². The molecule has 0 radical (unpaired) electrons. The van der Waals surface area contributed by atoms with Crippen LogP contribution in [0, 0.1) is 18.3 Å². The number of likely N-dealkylation sites (tertiary alicyclic amines) is 1. The van der Waals surface area contributed by atoms with Crippen LogP contribution >= 0.6 is 11.6 Å². The molecular formula is C35H33ClN2O5. The summed E-state index contributed by atoms with van der Waals surface area (Å²) in [5.41, 5.74) is 6.68. The Labute approximate surface area is 256 Å². The zero-order chi connectivity index (χ0) is 29.8. The summed E-state index contributed by atoms with van der Waals surface area (Å²) in [5.74, 6) is 2.70. The summed E-state index contributed by atoms with van der Waals surface area (Å²) in [6.07, 6.45) is 0.425. The monoisotopic (exact) mass is 596 g/mol. The lowest BCUT2D eigenvalue weighted by molar-refractivity contribution is 0.171. The number of hydrogen-bond donors (Lipinski definition) is 1. The Bertz CT molecular complexity index is 1670. The number of nitriles is 1. The molecule has 1 N–H and O–H groups in total. The van der Waals surface area contributed by atoms with Gasteiger partial charge in [-0.3, -0.25) is 4.90 Å². The Morgan fingerprint density at radius 2 is 1.74 bits per heavy atom. The summed E-state index contributed by atoms with van der Waals surface area (Å²) in [7, 11) is 0. The summed E-state index contributed by atoms with van der Waals surface area (Å²) < 4.78 is 24.1. The van der Waals surface area contributed by atoms with Crippen LogP contribution in [0.15, 0.2) is 72.8 Å². The van der Waals surface area contributed by atoms with Crippen LogP contribution in [0.1, 0.15) is 34.2 Å². The van der Waals surface area contributed by atoms with Gasteiger partial charge in [0.05, 0.1) is 22.8 Å². The Kier molecular flexibility index (Phi) is 8.71. The van der Waals surface area contributed by atoms with E-state index >= 15 is 0 Å². The molecule has 7 nitrogen and oxygen atoms in total. The second kappa shape index (κ2) is 13.0. The maximum atomic E-state index is 10.0. The van der Waals surface area contributed by atoms with Crippen molar-refractivity contribution in [2.24, 2.45) is 0 Å². The highest BCUT2D eigenvalue weighted by Gasteiger charge is 2.23. The number of aliphatic hydroxyl groups excluding tert-OH is 1. The van der Waals surface area contributed by atoms with E-state index < -0.39 is 0 Å². The molecule has 1 atom stereocenters. The molecule has 2 aliphatic heterocycles. The fraction of sp³-hybridized carbons (Fsp3) is 0.286. The lowest BCUT2D eigenvalue weighted by Gasteiger charge is -2.21. The maximum Gasteiger partial charge on any atom is 0.161 e. The molecular weight excluding hydrogens is 564 g/mol. The fourth-order valence-corrected chi connectivity index (χ4v) is 5.79. The fourth-order valence-electron chi connectivity index (χ4n) is 5.55. The van der Waals surface area contributed by atoms with Gasteiger partial charge in [0.1, 0.15) is 37.9 Å². The van der Waals surface area contributed by atoms with Gasteiger partial charge in [-0.05, 0) is 71.5 Å². The predicted octanol–water partition coefficient (Wildman–Crippen LogP) is 6.68. The molecule has 0 aromatic heterocycles. The van der Waals surface area contributed by atoms with E-state index in [1.807, 2.05) is 54.6 Å². The van der Waals surface area contributed by atoms with Crippen molar-refractivity contribution in [3.8, 4) is 40.2 Å². The normalized spacial score (nSPS) is 16.1. The molecule has 8 heteroatoms. The van der Waals surface area contributed by atoms with Gasteiger partial charge in [-0.1, -0.05) is 48.0 Å². The second-order valence-corrected chi connectivity index (χ2v) is 11.3. The minimum absolute atomic E-state index is 0.295. The first-order chi connectivity index (χ1) is 21.0. The number of fused-ring (bicyclic) bond motifs is 1. The quantitative estimate of drug-likeness (QED) is 0.231. The second-order valence-electron chi connectivity index (χ2n) is 10.9. The largest absolute Gasteiger partial charge is 0.488 e. The number of halogens is 1. The summed E-state index contributed by atoms with van der Waals surface area (Å²) in [6.45, 7) is 5.82. The number of β-amino-alcohol motifs (C(OH)–C–C–N with tert-alkyl or cyclic N) is 1. The lowest BCUT2D eigenvalue weighted by atomic mass is 9.96. The zero-order valence-electron chi connectivity index (χ0n) is 24.0. The lowest BCUT2D eigenvalue weighted by Crippen LogP contribution is -2.22. The number of benzene rings is 4. The van der Waals surface area contributed by atoms with Gasteiger partial charge in [-0.25, -0.2) is 0 Å². The molecule has 4 aromatic carbocycles. The Morgan fingerprint density at radius 1 is 0.930 bits per heavy atom. The molecule has 0 bridgehead atoms. The van der Waals surface area contributed by atoms with Crippen molar-refractivity contribution < 1.29 is 24.1 Å². The van der Waals surface area contributed by atoms with Crippen molar-refractivity contribution in [3.63, 3.8) is 0 Å². The van der Waals surface area contributed by atoms with Crippen molar-refractivity contribution in [2.75, 3.05) is 26.3 Å². The zero-order valence-corrected chi connectivity index (χ0v) is 24.8. The molecule has 4 aromatic rings. The third-order valence-electron chi connectivity index (χ3n) is 7.89. The molecule has 43 heavy (non-hydrogen) atoms. The average Bonchev–Trinajstić information content (AvgIpc) is 3.44. The van der Waals surface area contributed by atoms with Crippen LogP contribution in [0.3, 0.4) is 0 Å². The standard InChI is InChI=1S/C35H33ClN2O5/c1-23-27(6-3-7-30(23)26-8-9-32-35(16-26)41-13-12-40-32)22-43-34-17-33(42-21-25-5-2-4-24(14-25)18-37)28(15-31(34)36)19-38-11-10-29(39)20-38/h2-9,14-17,29,39H,10-13,19-22H2,1H3. The van der Waals surface area contributed by atoms with Gasteiger partial charge in [0.2, 0.25) is 0 Å². The van der Waals surface area contributed by atoms with E-state index in [1.165, 1.54) is 0 Å². The van der Waals surface area contributed by atoms with Gasteiger partial charge in [0.15, 0.2) is 11.5 Å².